The number of rotatable bonds is 6. The summed E-state index contributed by atoms with van der Waals surface area (Å²) >= 11 is 4.94. The number of carbonyl (C=O) groups is 1. The van der Waals surface area contributed by atoms with Crippen LogP contribution >= 0.6 is 12.2 Å². The number of morpholine rings is 1. The zero-order valence-corrected chi connectivity index (χ0v) is 12.8. The molecule has 1 aliphatic heterocycles. The number of nitrogens with zero attached hydrogens (tertiary/aromatic N) is 2. The van der Waals surface area contributed by atoms with Gasteiger partial charge in [-0.2, -0.15) is 0 Å². The number of hydrogen-bond acceptors (Lipinski definition) is 4. The fraction of sp³-hybridized carbons (Fsp3) is 0.467. The minimum absolute atomic E-state index is 0.116. The Bertz CT molecular complexity index is 475. The summed E-state index contributed by atoms with van der Waals surface area (Å²) in [7, 11) is 0. The van der Waals surface area contributed by atoms with E-state index in [9.17, 15) is 4.79 Å². The summed E-state index contributed by atoms with van der Waals surface area (Å²) in [4.78, 5) is 16.7. The molecule has 1 aromatic rings. The van der Waals surface area contributed by atoms with Gasteiger partial charge in [-0.3, -0.25) is 4.79 Å². The number of nitrogens with two attached hydrogens (primary N) is 1. The normalized spacial score (nSPS) is 14.8. The molecule has 0 saturated carbocycles. The summed E-state index contributed by atoms with van der Waals surface area (Å²) in [5.74, 6) is 0.116. The van der Waals surface area contributed by atoms with Crippen LogP contribution < -0.4 is 10.6 Å². The van der Waals surface area contributed by atoms with Gasteiger partial charge in [0.2, 0.25) is 5.91 Å². The summed E-state index contributed by atoms with van der Waals surface area (Å²) in [6.45, 7) is 3.55. The monoisotopic (exact) mass is 307 g/mol. The number of hydrogen-bond donors (Lipinski definition) is 1. The zero-order valence-electron chi connectivity index (χ0n) is 12.0. The van der Waals surface area contributed by atoms with Gasteiger partial charge in [0.15, 0.2) is 0 Å². The second-order valence-corrected chi connectivity index (χ2v) is 5.49. The Kier molecular flexibility index (Phi) is 5.95. The molecule has 0 radical (unpaired) electrons. The van der Waals surface area contributed by atoms with E-state index in [2.05, 4.69) is 0 Å². The summed E-state index contributed by atoms with van der Waals surface area (Å²) in [6.07, 6.45) is 0.598. The van der Waals surface area contributed by atoms with Crippen LogP contribution in [-0.4, -0.2) is 55.2 Å². The van der Waals surface area contributed by atoms with Crippen LogP contribution in [0.3, 0.4) is 0 Å². The Labute approximate surface area is 130 Å². The maximum absolute atomic E-state index is 12.4. The van der Waals surface area contributed by atoms with Gasteiger partial charge in [0.25, 0.3) is 0 Å². The summed E-state index contributed by atoms with van der Waals surface area (Å²) < 4.78 is 5.28. The van der Waals surface area contributed by atoms with Crippen LogP contribution in [0.15, 0.2) is 30.3 Å². The van der Waals surface area contributed by atoms with Crippen molar-refractivity contribution in [2.24, 2.45) is 5.73 Å². The van der Waals surface area contributed by atoms with Gasteiger partial charge >= 0.3 is 0 Å². The third-order valence-corrected chi connectivity index (χ3v) is 3.64. The van der Waals surface area contributed by atoms with Crippen molar-refractivity contribution in [2.75, 3.05) is 44.3 Å². The summed E-state index contributed by atoms with van der Waals surface area (Å²) in [5, 5.41) is 0. The largest absolute Gasteiger partial charge is 0.393 e. The molecule has 1 aromatic carbocycles. The van der Waals surface area contributed by atoms with E-state index < -0.39 is 0 Å². The van der Waals surface area contributed by atoms with Crippen LogP contribution in [0.5, 0.6) is 0 Å². The van der Waals surface area contributed by atoms with Gasteiger partial charge in [-0.1, -0.05) is 30.4 Å². The highest BCUT2D eigenvalue weighted by atomic mass is 32.1. The minimum atomic E-state index is 0.116. The molecule has 1 saturated heterocycles. The molecule has 0 aromatic heterocycles. The predicted octanol–water partition coefficient (Wildman–Crippen LogP) is 1.03. The van der Waals surface area contributed by atoms with Crippen molar-refractivity contribution < 1.29 is 9.53 Å². The van der Waals surface area contributed by atoms with E-state index in [0.717, 1.165) is 5.69 Å². The Balaban J connectivity index is 2.00. The average Bonchev–Trinajstić information content (AvgIpc) is 2.52. The molecule has 21 heavy (non-hydrogen) atoms. The molecule has 0 atom stereocenters. The van der Waals surface area contributed by atoms with Gasteiger partial charge in [-0.25, -0.2) is 0 Å². The van der Waals surface area contributed by atoms with Gasteiger partial charge in [-0.05, 0) is 12.1 Å². The van der Waals surface area contributed by atoms with E-state index >= 15 is 0 Å². The standard InChI is InChI=1S/C15H21N3O2S/c16-14(21)6-7-18(13-4-2-1-3-5-13)12-15(19)17-8-10-20-11-9-17/h1-5H,6-12H2,(H2,16,21). The van der Waals surface area contributed by atoms with Crippen molar-refractivity contribution in [1.29, 1.82) is 0 Å². The van der Waals surface area contributed by atoms with Crippen molar-refractivity contribution in [1.82, 2.24) is 4.90 Å². The van der Waals surface area contributed by atoms with E-state index in [1.54, 1.807) is 0 Å². The van der Waals surface area contributed by atoms with E-state index in [1.165, 1.54) is 0 Å². The van der Waals surface area contributed by atoms with E-state index in [4.69, 9.17) is 22.7 Å². The first-order valence-electron chi connectivity index (χ1n) is 7.10. The SMILES string of the molecule is NC(=S)CCN(CC(=O)N1CCOCC1)c1ccccc1. The number of ether oxygens (including phenoxy) is 1. The lowest BCUT2D eigenvalue weighted by atomic mass is 10.2. The zero-order chi connectivity index (χ0) is 15.1. The molecule has 2 rings (SSSR count). The second-order valence-electron chi connectivity index (χ2n) is 4.97. The maximum Gasteiger partial charge on any atom is 0.242 e. The molecule has 0 spiro atoms. The molecule has 5 nitrogen and oxygen atoms in total. The van der Waals surface area contributed by atoms with Crippen LogP contribution in [0, 0.1) is 0 Å². The number of amides is 1. The van der Waals surface area contributed by atoms with Crippen LogP contribution in [0.4, 0.5) is 5.69 Å². The average molecular weight is 307 g/mol. The Morgan fingerprint density at radius 3 is 2.57 bits per heavy atom. The molecule has 0 aliphatic carbocycles. The molecule has 1 heterocycles. The number of anilines is 1. The van der Waals surface area contributed by atoms with Gasteiger partial charge in [0.1, 0.15) is 0 Å². The molecule has 0 unspecified atom stereocenters. The van der Waals surface area contributed by atoms with E-state index in [0.29, 0.717) is 50.8 Å². The quantitative estimate of drug-likeness (QED) is 0.796. The summed E-state index contributed by atoms with van der Waals surface area (Å²) in [6, 6.07) is 9.86. The first kappa shape index (κ1) is 15.7. The fourth-order valence-electron chi connectivity index (χ4n) is 2.26. The van der Waals surface area contributed by atoms with Crippen LogP contribution in [0.1, 0.15) is 6.42 Å². The lowest BCUT2D eigenvalue weighted by Crippen LogP contribution is -2.46. The molecule has 0 bridgehead atoms. The topological polar surface area (TPSA) is 58.8 Å². The van der Waals surface area contributed by atoms with Gasteiger partial charge < -0.3 is 20.3 Å². The van der Waals surface area contributed by atoms with Crippen molar-refractivity contribution >= 4 is 28.8 Å². The Morgan fingerprint density at radius 2 is 1.95 bits per heavy atom. The maximum atomic E-state index is 12.4. The predicted molar refractivity (Wildman–Crippen MR) is 87.5 cm³/mol. The molecule has 6 heteroatoms. The first-order valence-corrected chi connectivity index (χ1v) is 7.51. The van der Waals surface area contributed by atoms with Gasteiger partial charge in [0, 0.05) is 31.7 Å². The second kappa shape index (κ2) is 7.95. The Hall–Kier alpha value is -1.66. The highest BCUT2D eigenvalue weighted by Gasteiger charge is 2.19. The molecule has 1 fully saturated rings. The van der Waals surface area contributed by atoms with Crippen LogP contribution in [0.2, 0.25) is 0 Å². The molecular weight excluding hydrogens is 286 g/mol. The highest BCUT2D eigenvalue weighted by Crippen LogP contribution is 2.14. The molecular formula is C15H21N3O2S. The number of thiocarbonyl (C=S) groups is 1. The fourth-order valence-corrected chi connectivity index (χ4v) is 2.35. The molecule has 2 N–H and O–H groups in total. The lowest BCUT2D eigenvalue weighted by Gasteiger charge is -2.31. The highest BCUT2D eigenvalue weighted by molar-refractivity contribution is 7.80. The molecule has 114 valence electrons. The van der Waals surface area contributed by atoms with Gasteiger partial charge in [-0.15, -0.1) is 0 Å². The number of carbonyl (C=O) groups excluding carboxylic acids is 1. The van der Waals surface area contributed by atoms with E-state index in [-0.39, 0.29) is 5.91 Å². The molecule has 1 aliphatic rings. The van der Waals surface area contributed by atoms with Crippen LogP contribution in [-0.2, 0) is 9.53 Å². The third kappa shape index (κ3) is 4.99. The first-order chi connectivity index (χ1) is 10.2. The smallest absolute Gasteiger partial charge is 0.242 e. The minimum Gasteiger partial charge on any atom is -0.393 e. The van der Waals surface area contributed by atoms with Crippen LogP contribution in [0.25, 0.3) is 0 Å². The van der Waals surface area contributed by atoms with Crippen molar-refractivity contribution in [3.63, 3.8) is 0 Å². The third-order valence-electron chi connectivity index (χ3n) is 3.44. The lowest BCUT2D eigenvalue weighted by molar-refractivity contribution is -0.133. The van der Waals surface area contributed by atoms with Crippen molar-refractivity contribution in [2.45, 2.75) is 6.42 Å². The van der Waals surface area contributed by atoms with Gasteiger partial charge in [0.05, 0.1) is 24.7 Å². The van der Waals surface area contributed by atoms with E-state index in [1.807, 2.05) is 40.1 Å². The Morgan fingerprint density at radius 1 is 1.29 bits per heavy atom. The van der Waals surface area contributed by atoms with Crippen molar-refractivity contribution in [3.8, 4) is 0 Å². The number of benzene rings is 1. The number of para-hydroxylation sites is 1. The van der Waals surface area contributed by atoms with Crippen molar-refractivity contribution in [3.05, 3.63) is 30.3 Å². The molecule has 1 amide bonds. The summed E-state index contributed by atoms with van der Waals surface area (Å²) in [5.41, 5.74) is 6.59.